The maximum absolute atomic E-state index is 11.8. The second kappa shape index (κ2) is 7.50. The Morgan fingerprint density at radius 2 is 2.06 bits per heavy atom. The van der Waals surface area contributed by atoms with Crippen LogP contribution in [-0.2, 0) is 4.74 Å². The monoisotopic (exact) mass is 246 g/mol. The van der Waals surface area contributed by atoms with Crippen molar-refractivity contribution in [3.05, 3.63) is 0 Å². The first-order chi connectivity index (χ1) is 7.80. The molecule has 17 heavy (non-hydrogen) atoms. The number of aliphatic hydroxyl groups is 1. The number of carbonyl (C=O) groups is 1. The van der Waals surface area contributed by atoms with Gasteiger partial charge in [0.2, 0.25) is 0 Å². The minimum atomic E-state index is -0.512. The summed E-state index contributed by atoms with van der Waals surface area (Å²) in [7, 11) is 0. The van der Waals surface area contributed by atoms with Crippen molar-refractivity contribution in [2.75, 3.05) is 26.2 Å². The van der Waals surface area contributed by atoms with Gasteiger partial charge in [-0.2, -0.15) is 0 Å². The van der Waals surface area contributed by atoms with Gasteiger partial charge in [0.05, 0.1) is 6.61 Å². The van der Waals surface area contributed by atoms with Crippen LogP contribution >= 0.6 is 0 Å². The van der Waals surface area contributed by atoms with E-state index in [0.29, 0.717) is 25.6 Å². The van der Waals surface area contributed by atoms with Crippen LogP contribution in [0.2, 0.25) is 0 Å². The fourth-order valence-electron chi connectivity index (χ4n) is 1.46. The van der Waals surface area contributed by atoms with Gasteiger partial charge >= 0.3 is 6.09 Å². The van der Waals surface area contributed by atoms with Crippen LogP contribution in [0.1, 0.15) is 34.1 Å². The van der Waals surface area contributed by atoms with E-state index in [1.807, 2.05) is 27.7 Å². The summed E-state index contributed by atoms with van der Waals surface area (Å²) in [5, 5.41) is 8.95. The molecule has 3 N–H and O–H groups in total. The van der Waals surface area contributed by atoms with E-state index in [0.717, 1.165) is 6.42 Å². The molecule has 0 saturated carbocycles. The molecule has 102 valence electrons. The van der Waals surface area contributed by atoms with Crippen molar-refractivity contribution in [1.82, 2.24) is 4.90 Å². The highest BCUT2D eigenvalue weighted by molar-refractivity contribution is 5.68. The number of amides is 1. The number of hydrogen-bond acceptors (Lipinski definition) is 4. The Labute approximate surface area is 104 Å². The number of nitrogens with two attached hydrogens (primary N) is 1. The van der Waals surface area contributed by atoms with Gasteiger partial charge in [0.1, 0.15) is 5.60 Å². The van der Waals surface area contributed by atoms with E-state index in [9.17, 15) is 4.79 Å². The van der Waals surface area contributed by atoms with Gasteiger partial charge in [-0.25, -0.2) is 4.79 Å². The Bertz CT molecular complexity index is 226. The highest BCUT2D eigenvalue weighted by Crippen LogP contribution is 2.12. The van der Waals surface area contributed by atoms with Gasteiger partial charge in [-0.15, -0.1) is 0 Å². The SMILES string of the molecule is C[C@H](CCN)CN(CCO)C(=O)OC(C)(C)C. The van der Waals surface area contributed by atoms with Gasteiger partial charge in [0.15, 0.2) is 0 Å². The van der Waals surface area contributed by atoms with Gasteiger partial charge in [0, 0.05) is 13.1 Å². The van der Waals surface area contributed by atoms with Gasteiger partial charge in [-0.1, -0.05) is 6.92 Å². The number of hydrogen-bond donors (Lipinski definition) is 2. The summed E-state index contributed by atoms with van der Waals surface area (Å²) in [5.74, 6) is 0.305. The first-order valence-corrected chi connectivity index (χ1v) is 6.09. The molecule has 0 heterocycles. The molecule has 0 aromatic rings. The van der Waals surface area contributed by atoms with Crippen molar-refractivity contribution < 1.29 is 14.6 Å². The second-order valence-corrected chi connectivity index (χ2v) is 5.33. The van der Waals surface area contributed by atoms with Crippen LogP contribution in [0.25, 0.3) is 0 Å². The molecular weight excluding hydrogens is 220 g/mol. The highest BCUT2D eigenvalue weighted by Gasteiger charge is 2.22. The largest absolute Gasteiger partial charge is 0.444 e. The number of nitrogens with zero attached hydrogens (tertiary/aromatic N) is 1. The second-order valence-electron chi connectivity index (χ2n) is 5.33. The third kappa shape index (κ3) is 7.99. The van der Waals surface area contributed by atoms with Gasteiger partial charge in [-0.3, -0.25) is 0 Å². The summed E-state index contributed by atoms with van der Waals surface area (Å²) in [6.07, 6.45) is 0.473. The number of ether oxygens (including phenoxy) is 1. The molecule has 0 rings (SSSR count). The van der Waals surface area contributed by atoms with Crippen molar-refractivity contribution in [2.45, 2.75) is 39.7 Å². The van der Waals surface area contributed by atoms with Crippen molar-refractivity contribution in [3.63, 3.8) is 0 Å². The Hall–Kier alpha value is -0.810. The molecule has 0 aliphatic carbocycles. The van der Waals surface area contributed by atoms with Crippen molar-refractivity contribution in [1.29, 1.82) is 0 Å². The Kier molecular flexibility index (Phi) is 7.15. The zero-order valence-corrected chi connectivity index (χ0v) is 11.4. The molecule has 0 fully saturated rings. The molecule has 0 radical (unpaired) electrons. The lowest BCUT2D eigenvalue weighted by molar-refractivity contribution is 0.0190. The van der Waals surface area contributed by atoms with E-state index in [1.165, 1.54) is 4.90 Å². The van der Waals surface area contributed by atoms with Gasteiger partial charge in [-0.05, 0) is 39.7 Å². The molecule has 0 aromatic carbocycles. The molecule has 0 unspecified atom stereocenters. The summed E-state index contributed by atoms with van der Waals surface area (Å²) >= 11 is 0. The number of rotatable bonds is 6. The van der Waals surface area contributed by atoms with Crippen LogP contribution < -0.4 is 5.73 Å². The summed E-state index contributed by atoms with van der Waals surface area (Å²) in [4.78, 5) is 13.4. The predicted molar refractivity (Wildman–Crippen MR) is 67.7 cm³/mol. The lowest BCUT2D eigenvalue weighted by atomic mass is 10.1. The lowest BCUT2D eigenvalue weighted by Gasteiger charge is -2.28. The summed E-state index contributed by atoms with van der Waals surface area (Å²) in [6.45, 7) is 8.90. The molecule has 0 bridgehead atoms. The minimum Gasteiger partial charge on any atom is -0.444 e. The quantitative estimate of drug-likeness (QED) is 0.738. The van der Waals surface area contributed by atoms with Crippen LogP contribution in [-0.4, -0.2) is 47.9 Å². The van der Waals surface area contributed by atoms with E-state index < -0.39 is 5.60 Å². The van der Waals surface area contributed by atoms with Crippen LogP contribution in [0.5, 0.6) is 0 Å². The molecule has 0 aliphatic rings. The van der Waals surface area contributed by atoms with Gasteiger partial charge < -0.3 is 20.5 Å². The standard InChI is InChI=1S/C12H26N2O3/c1-10(5-6-13)9-14(7-8-15)11(16)17-12(2,3)4/h10,15H,5-9,13H2,1-4H3/t10-/m1/s1. The lowest BCUT2D eigenvalue weighted by Crippen LogP contribution is -2.41. The highest BCUT2D eigenvalue weighted by atomic mass is 16.6. The molecule has 5 nitrogen and oxygen atoms in total. The average Bonchev–Trinajstić information content (AvgIpc) is 2.14. The average molecular weight is 246 g/mol. The third-order valence-electron chi connectivity index (χ3n) is 2.21. The first-order valence-electron chi connectivity index (χ1n) is 6.09. The summed E-state index contributed by atoms with van der Waals surface area (Å²) in [5.41, 5.74) is 4.96. The van der Waals surface area contributed by atoms with E-state index in [2.05, 4.69) is 0 Å². The molecule has 0 spiro atoms. The summed E-state index contributed by atoms with van der Waals surface area (Å²) in [6, 6.07) is 0. The van der Waals surface area contributed by atoms with Gasteiger partial charge in [0.25, 0.3) is 0 Å². The predicted octanol–water partition coefficient (Wildman–Crippen LogP) is 1.20. The minimum absolute atomic E-state index is 0.0609. The van der Waals surface area contributed by atoms with Crippen LogP contribution in [0.3, 0.4) is 0 Å². The third-order valence-corrected chi connectivity index (χ3v) is 2.21. The Balaban J connectivity index is 4.35. The molecule has 0 saturated heterocycles. The van der Waals surface area contributed by atoms with E-state index in [4.69, 9.17) is 15.6 Å². The number of carbonyl (C=O) groups excluding carboxylic acids is 1. The van der Waals surface area contributed by atoms with Crippen LogP contribution in [0.15, 0.2) is 0 Å². The maximum Gasteiger partial charge on any atom is 0.410 e. The molecule has 1 atom stereocenters. The van der Waals surface area contributed by atoms with Crippen molar-refractivity contribution in [2.24, 2.45) is 11.7 Å². The zero-order valence-electron chi connectivity index (χ0n) is 11.4. The van der Waals surface area contributed by atoms with Crippen LogP contribution in [0, 0.1) is 5.92 Å². The topological polar surface area (TPSA) is 75.8 Å². The van der Waals surface area contributed by atoms with Crippen molar-refractivity contribution >= 4 is 6.09 Å². The molecule has 0 aromatic heterocycles. The first kappa shape index (κ1) is 16.2. The van der Waals surface area contributed by atoms with E-state index in [-0.39, 0.29) is 12.7 Å². The Morgan fingerprint density at radius 3 is 2.47 bits per heavy atom. The molecular formula is C12H26N2O3. The van der Waals surface area contributed by atoms with E-state index in [1.54, 1.807) is 0 Å². The molecule has 5 heteroatoms. The smallest absolute Gasteiger partial charge is 0.410 e. The van der Waals surface area contributed by atoms with Crippen molar-refractivity contribution in [3.8, 4) is 0 Å². The normalized spacial score (nSPS) is 13.3. The number of aliphatic hydroxyl groups excluding tert-OH is 1. The summed E-state index contributed by atoms with van der Waals surface area (Å²) < 4.78 is 5.28. The fraction of sp³-hybridized carbons (Fsp3) is 0.917. The zero-order chi connectivity index (χ0) is 13.5. The fourth-order valence-corrected chi connectivity index (χ4v) is 1.46. The maximum atomic E-state index is 11.8. The molecule has 0 aliphatic heterocycles. The molecule has 1 amide bonds. The van der Waals surface area contributed by atoms with Crippen LogP contribution in [0.4, 0.5) is 4.79 Å². The Morgan fingerprint density at radius 1 is 1.47 bits per heavy atom. The van der Waals surface area contributed by atoms with E-state index >= 15 is 0 Å².